The van der Waals surface area contributed by atoms with Gasteiger partial charge in [0.2, 0.25) is 5.88 Å². The maximum atomic E-state index is 10.8. The molecule has 1 saturated carbocycles. The molecule has 0 saturated heterocycles. The second-order valence-corrected chi connectivity index (χ2v) is 3.90. The molecule has 17 heavy (non-hydrogen) atoms. The van der Waals surface area contributed by atoms with E-state index in [9.17, 15) is 4.79 Å². The topological polar surface area (TPSA) is 75.5 Å². The molecule has 0 amide bonds. The van der Waals surface area contributed by atoms with E-state index in [0.717, 1.165) is 12.8 Å². The SMILES string of the molecule is CCOc1cncc(N(CC(=O)O)C2CC2)n1. The van der Waals surface area contributed by atoms with Crippen LogP contribution in [0.25, 0.3) is 0 Å². The van der Waals surface area contributed by atoms with Gasteiger partial charge in [-0.1, -0.05) is 0 Å². The molecule has 0 unspecified atom stereocenters. The summed E-state index contributed by atoms with van der Waals surface area (Å²) in [5, 5.41) is 8.87. The molecule has 1 aromatic heterocycles. The van der Waals surface area contributed by atoms with Gasteiger partial charge in [0, 0.05) is 6.04 Å². The molecule has 0 atom stereocenters. The Morgan fingerprint density at radius 2 is 2.35 bits per heavy atom. The van der Waals surface area contributed by atoms with Crippen molar-refractivity contribution in [2.24, 2.45) is 0 Å². The van der Waals surface area contributed by atoms with E-state index in [-0.39, 0.29) is 12.6 Å². The number of aromatic nitrogens is 2. The van der Waals surface area contributed by atoms with Crippen LogP contribution in [-0.4, -0.2) is 40.2 Å². The van der Waals surface area contributed by atoms with Crippen LogP contribution >= 0.6 is 0 Å². The van der Waals surface area contributed by atoms with Crippen LogP contribution in [0.3, 0.4) is 0 Å². The number of ether oxygens (including phenoxy) is 1. The molecule has 1 N–H and O–H groups in total. The van der Waals surface area contributed by atoms with Gasteiger partial charge in [-0.15, -0.1) is 0 Å². The summed E-state index contributed by atoms with van der Waals surface area (Å²) in [5.41, 5.74) is 0. The fraction of sp³-hybridized carbons (Fsp3) is 0.545. The summed E-state index contributed by atoms with van der Waals surface area (Å²) in [4.78, 5) is 20.8. The number of nitrogens with zero attached hydrogens (tertiary/aromatic N) is 3. The van der Waals surface area contributed by atoms with Gasteiger partial charge in [0.05, 0.1) is 19.0 Å². The Labute approximate surface area is 99.2 Å². The quantitative estimate of drug-likeness (QED) is 0.793. The summed E-state index contributed by atoms with van der Waals surface area (Å²) < 4.78 is 5.25. The first-order valence-corrected chi connectivity index (χ1v) is 5.64. The van der Waals surface area contributed by atoms with Gasteiger partial charge >= 0.3 is 5.97 Å². The smallest absolute Gasteiger partial charge is 0.323 e. The zero-order chi connectivity index (χ0) is 12.3. The lowest BCUT2D eigenvalue weighted by Gasteiger charge is -2.21. The number of anilines is 1. The fourth-order valence-corrected chi connectivity index (χ4v) is 1.62. The van der Waals surface area contributed by atoms with E-state index in [1.54, 1.807) is 11.1 Å². The highest BCUT2D eigenvalue weighted by Gasteiger charge is 2.31. The Bertz CT molecular complexity index is 407. The van der Waals surface area contributed by atoms with Gasteiger partial charge in [0.1, 0.15) is 6.54 Å². The molecular weight excluding hydrogens is 222 g/mol. The minimum Gasteiger partial charge on any atom is -0.480 e. The number of carbonyl (C=O) groups is 1. The van der Waals surface area contributed by atoms with Crippen LogP contribution in [-0.2, 0) is 4.79 Å². The number of hydrogen-bond acceptors (Lipinski definition) is 5. The zero-order valence-electron chi connectivity index (χ0n) is 9.67. The van der Waals surface area contributed by atoms with Crippen molar-refractivity contribution >= 4 is 11.8 Å². The van der Waals surface area contributed by atoms with Gasteiger partial charge in [0.15, 0.2) is 5.82 Å². The Morgan fingerprint density at radius 3 is 2.94 bits per heavy atom. The van der Waals surface area contributed by atoms with E-state index in [0.29, 0.717) is 18.3 Å². The van der Waals surface area contributed by atoms with E-state index in [1.165, 1.54) is 6.20 Å². The highest BCUT2D eigenvalue weighted by atomic mass is 16.5. The zero-order valence-corrected chi connectivity index (χ0v) is 9.67. The monoisotopic (exact) mass is 237 g/mol. The van der Waals surface area contributed by atoms with Crippen molar-refractivity contribution in [2.45, 2.75) is 25.8 Å². The first kappa shape index (κ1) is 11.6. The normalized spacial score (nSPS) is 14.4. The van der Waals surface area contributed by atoms with E-state index in [2.05, 4.69) is 9.97 Å². The van der Waals surface area contributed by atoms with Gasteiger partial charge in [-0.3, -0.25) is 9.78 Å². The molecule has 0 aromatic carbocycles. The molecule has 2 rings (SSSR count). The second-order valence-electron chi connectivity index (χ2n) is 3.90. The molecule has 6 heteroatoms. The molecule has 1 fully saturated rings. The number of aliphatic carboxylic acids is 1. The molecule has 1 heterocycles. The van der Waals surface area contributed by atoms with Crippen molar-refractivity contribution in [1.82, 2.24) is 9.97 Å². The lowest BCUT2D eigenvalue weighted by atomic mass is 10.4. The number of rotatable bonds is 6. The molecule has 0 spiro atoms. The van der Waals surface area contributed by atoms with Gasteiger partial charge in [-0.05, 0) is 19.8 Å². The summed E-state index contributed by atoms with van der Waals surface area (Å²) in [6.45, 7) is 2.33. The van der Waals surface area contributed by atoms with E-state index >= 15 is 0 Å². The predicted molar refractivity (Wildman–Crippen MR) is 61.2 cm³/mol. The Balaban J connectivity index is 2.16. The molecule has 1 aliphatic carbocycles. The van der Waals surface area contributed by atoms with E-state index in [1.807, 2.05) is 6.92 Å². The van der Waals surface area contributed by atoms with Crippen LogP contribution < -0.4 is 9.64 Å². The molecule has 6 nitrogen and oxygen atoms in total. The van der Waals surface area contributed by atoms with Crippen molar-refractivity contribution < 1.29 is 14.6 Å². The highest BCUT2D eigenvalue weighted by molar-refractivity contribution is 5.73. The Morgan fingerprint density at radius 1 is 1.59 bits per heavy atom. The lowest BCUT2D eigenvalue weighted by molar-refractivity contribution is -0.135. The number of carboxylic acid groups (broad SMARTS) is 1. The standard InChI is InChI=1S/C11H15N3O3/c1-2-17-10-6-12-5-9(13-10)14(7-11(15)16)8-3-4-8/h5-6,8H,2-4,7H2,1H3,(H,15,16). The Hall–Kier alpha value is -1.85. The summed E-state index contributed by atoms with van der Waals surface area (Å²) in [5.74, 6) is 0.141. The van der Waals surface area contributed by atoms with Gasteiger partial charge in [-0.25, -0.2) is 0 Å². The van der Waals surface area contributed by atoms with Crippen molar-refractivity contribution in [1.29, 1.82) is 0 Å². The van der Waals surface area contributed by atoms with Crippen LogP contribution in [0.4, 0.5) is 5.82 Å². The van der Waals surface area contributed by atoms with Gasteiger partial charge in [0.25, 0.3) is 0 Å². The predicted octanol–water partition coefficient (Wildman–Crippen LogP) is 0.929. The summed E-state index contributed by atoms with van der Waals surface area (Å²) in [6.07, 6.45) is 5.12. The second kappa shape index (κ2) is 4.99. The largest absolute Gasteiger partial charge is 0.480 e. The first-order valence-electron chi connectivity index (χ1n) is 5.64. The third-order valence-electron chi connectivity index (χ3n) is 2.48. The minimum absolute atomic E-state index is 0.0467. The summed E-state index contributed by atoms with van der Waals surface area (Å²) >= 11 is 0. The van der Waals surface area contributed by atoms with E-state index in [4.69, 9.17) is 9.84 Å². The molecule has 0 bridgehead atoms. The number of carboxylic acids is 1. The van der Waals surface area contributed by atoms with Crippen LogP contribution in [0, 0.1) is 0 Å². The third kappa shape index (κ3) is 3.05. The van der Waals surface area contributed by atoms with Gasteiger partial charge in [-0.2, -0.15) is 4.98 Å². The maximum absolute atomic E-state index is 10.8. The number of hydrogen-bond donors (Lipinski definition) is 1. The third-order valence-corrected chi connectivity index (χ3v) is 2.48. The van der Waals surface area contributed by atoms with Crippen LogP contribution in [0.5, 0.6) is 5.88 Å². The average Bonchev–Trinajstić information content (AvgIpc) is 3.10. The first-order chi connectivity index (χ1) is 8.20. The Kier molecular flexibility index (Phi) is 3.41. The average molecular weight is 237 g/mol. The van der Waals surface area contributed by atoms with Crippen LogP contribution in [0.2, 0.25) is 0 Å². The molecule has 0 aliphatic heterocycles. The molecule has 0 radical (unpaired) electrons. The van der Waals surface area contributed by atoms with Crippen molar-refractivity contribution in [3.05, 3.63) is 12.4 Å². The maximum Gasteiger partial charge on any atom is 0.323 e. The minimum atomic E-state index is -0.861. The molecule has 1 aliphatic rings. The fourth-order valence-electron chi connectivity index (χ4n) is 1.62. The van der Waals surface area contributed by atoms with Crippen LogP contribution in [0.1, 0.15) is 19.8 Å². The molecule has 1 aromatic rings. The summed E-state index contributed by atoms with van der Waals surface area (Å²) in [6, 6.07) is 0.275. The molecule has 92 valence electrons. The van der Waals surface area contributed by atoms with Crippen molar-refractivity contribution in [3.8, 4) is 5.88 Å². The van der Waals surface area contributed by atoms with Gasteiger partial charge < -0.3 is 14.7 Å². The highest BCUT2D eigenvalue weighted by Crippen LogP contribution is 2.30. The lowest BCUT2D eigenvalue weighted by Crippen LogP contribution is -2.32. The van der Waals surface area contributed by atoms with Crippen molar-refractivity contribution in [2.75, 3.05) is 18.1 Å². The van der Waals surface area contributed by atoms with Crippen molar-refractivity contribution in [3.63, 3.8) is 0 Å². The van der Waals surface area contributed by atoms with E-state index < -0.39 is 5.97 Å². The van der Waals surface area contributed by atoms with Crippen LogP contribution in [0.15, 0.2) is 12.4 Å². The molecular formula is C11H15N3O3. The summed E-state index contributed by atoms with van der Waals surface area (Å²) in [7, 11) is 0.